The van der Waals surface area contributed by atoms with Gasteiger partial charge in [0.25, 0.3) is 0 Å². The molecule has 12 heavy (non-hydrogen) atoms. The van der Waals surface area contributed by atoms with Crippen molar-refractivity contribution in [1.29, 1.82) is 0 Å². The maximum Gasteiger partial charge on any atom is 0.111 e. The first-order chi connectivity index (χ1) is 5.77. The third-order valence-corrected chi connectivity index (χ3v) is 1.62. The van der Waals surface area contributed by atoms with Crippen molar-refractivity contribution < 1.29 is 0 Å². The van der Waals surface area contributed by atoms with Crippen molar-refractivity contribution >= 4 is 0 Å². The highest BCUT2D eigenvalue weighted by Crippen LogP contribution is 2.23. The molecule has 0 N–H and O–H groups in total. The van der Waals surface area contributed by atoms with E-state index in [9.17, 15) is 0 Å². The number of rotatable bonds is 1. The minimum atomic E-state index is 0.917. The summed E-state index contributed by atoms with van der Waals surface area (Å²) in [6.45, 7) is 5.80. The molecule has 0 fully saturated rings. The fraction of sp³-hybridized carbons (Fsp3) is 0.0833. The Labute approximate surface area is 74.0 Å². The third-order valence-electron chi connectivity index (χ3n) is 1.62. The van der Waals surface area contributed by atoms with Gasteiger partial charge in [-0.05, 0) is 13.3 Å². The quantitative estimate of drug-likeness (QED) is 0.403. The van der Waals surface area contributed by atoms with Gasteiger partial charge in [0.2, 0.25) is 0 Å². The van der Waals surface area contributed by atoms with Gasteiger partial charge in [-0.2, -0.15) is 0 Å². The van der Waals surface area contributed by atoms with Gasteiger partial charge in [0.05, 0.1) is 5.57 Å². The molecule has 1 rings (SSSR count). The van der Waals surface area contributed by atoms with E-state index < -0.39 is 0 Å². The Balaban J connectivity index is 2.94. The second kappa shape index (κ2) is 3.69. The van der Waals surface area contributed by atoms with Gasteiger partial charge < -0.3 is 0 Å². The Morgan fingerprint density at radius 2 is 2.42 bits per heavy atom. The standard InChI is InChI=1S/C12H11/c1-4-6-12-9-10(3)7-8-11(12)5-2/h2,4,6-9H,3H2,1H3/q+1/b6-4+. The van der Waals surface area contributed by atoms with Crippen LogP contribution in [0.25, 0.3) is 0 Å². The van der Waals surface area contributed by atoms with Gasteiger partial charge in [0, 0.05) is 35.8 Å². The van der Waals surface area contributed by atoms with E-state index in [1.807, 2.05) is 37.3 Å². The average molecular weight is 155 g/mol. The molecule has 0 heterocycles. The van der Waals surface area contributed by atoms with Crippen molar-refractivity contribution in [3.8, 4) is 12.3 Å². The molecule has 0 saturated heterocycles. The molecule has 0 aromatic rings. The minimum Gasteiger partial charge on any atom is -0.0758 e. The monoisotopic (exact) mass is 155 g/mol. The molecule has 0 unspecified atom stereocenters. The summed E-state index contributed by atoms with van der Waals surface area (Å²) in [4.78, 5) is 0. The summed E-state index contributed by atoms with van der Waals surface area (Å²) in [6, 6.07) is 0. The summed E-state index contributed by atoms with van der Waals surface area (Å²) >= 11 is 0. The van der Waals surface area contributed by atoms with Crippen LogP contribution in [0.4, 0.5) is 0 Å². The maximum absolute atomic E-state index is 5.33. The average Bonchev–Trinajstić information content (AvgIpc) is 2.05. The zero-order chi connectivity index (χ0) is 8.97. The minimum absolute atomic E-state index is 0.917. The first kappa shape index (κ1) is 8.49. The third kappa shape index (κ3) is 1.71. The first-order valence-electron chi connectivity index (χ1n) is 3.83. The highest BCUT2D eigenvalue weighted by molar-refractivity contribution is 5.58. The van der Waals surface area contributed by atoms with Crippen LogP contribution in [0, 0.1) is 18.3 Å². The van der Waals surface area contributed by atoms with Crippen LogP contribution in [0.2, 0.25) is 0 Å². The van der Waals surface area contributed by atoms with Crippen molar-refractivity contribution in [2.45, 2.75) is 6.92 Å². The van der Waals surface area contributed by atoms with Crippen molar-refractivity contribution in [3.63, 3.8) is 0 Å². The van der Waals surface area contributed by atoms with E-state index in [1.165, 1.54) is 0 Å². The highest BCUT2D eigenvalue weighted by Gasteiger charge is 2.16. The number of hydrogen-bond donors (Lipinski definition) is 0. The molecular weight excluding hydrogens is 144 g/mol. The molecule has 0 aromatic heterocycles. The zero-order valence-electron chi connectivity index (χ0n) is 7.17. The fourth-order valence-corrected chi connectivity index (χ4v) is 1.06. The smallest absolute Gasteiger partial charge is 0.0758 e. The Morgan fingerprint density at radius 1 is 1.67 bits per heavy atom. The molecule has 1 aliphatic rings. The normalized spacial score (nSPS) is 16.5. The molecule has 0 spiro atoms. The van der Waals surface area contributed by atoms with Gasteiger partial charge in [-0.25, -0.2) is 0 Å². The van der Waals surface area contributed by atoms with E-state index in [4.69, 9.17) is 6.42 Å². The molecular formula is C12H11+. The lowest BCUT2D eigenvalue weighted by Crippen LogP contribution is -1.97. The second-order valence-electron chi connectivity index (χ2n) is 2.57. The zero-order valence-corrected chi connectivity index (χ0v) is 7.17. The molecule has 0 atom stereocenters. The van der Waals surface area contributed by atoms with Crippen LogP contribution in [0.3, 0.4) is 0 Å². The van der Waals surface area contributed by atoms with Crippen molar-refractivity contribution in [2.24, 2.45) is 0 Å². The van der Waals surface area contributed by atoms with E-state index in [2.05, 4.69) is 12.5 Å². The Kier molecular flexibility index (Phi) is 2.61. The van der Waals surface area contributed by atoms with Crippen LogP contribution < -0.4 is 0 Å². The van der Waals surface area contributed by atoms with E-state index in [-0.39, 0.29) is 0 Å². The van der Waals surface area contributed by atoms with Gasteiger partial charge >= 0.3 is 0 Å². The topological polar surface area (TPSA) is 0 Å². The number of terminal acetylenes is 1. The molecule has 0 heteroatoms. The number of hydrogen-bond acceptors (Lipinski definition) is 0. The lowest BCUT2D eigenvalue weighted by atomic mass is 9.92. The predicted octanol–water partition coefficient (Wildman–Crippen LogP) is 2.82. The second-order valence-corrected chi connectivity index (χ2v) is 2.57. The molecule has 58 valence electrons. The van der Waals surface area contributed by atoms with Crippen LogP contribution in [-0.4, -0.2) is 0 Å². The van der Waals surface area contributed by atoms with Gasteiger partial charge in [0.15, 0.2) is 0 Å². The van der Waals surface area contributed by atoms with E-state index in [1.54, 1.807) is 0 Å². The SMILES string of the molecule is C#C[C+]1C=CC(=C)C=C1/C=C/C. The van der Waals surface area contributed by atoms with Crippen LogP contribution in [0.15, 0.2) is 48.1 Å². The Hall–Kier alpha value is -1.61. The van der Waals surface area contributed by atoms with E-state index in [0.717, 1.165) is 17.1 Å². The molecule has 0 radical (unpaired) electrons. The Morgan fingerprint density at radius 3 is 3.00 bits per heavy atom. The molecule has 0 amide bonds. The largest absolute Gasteiger partial charge is 0.111 e. The van der Waals surface area contributed by atoms with Crippen LogP contribution in [0.5, 0.6) is 0 Å². The van der Waals surface area contributed by atoms with Crippen molar-refractivity contribution in [3.05, 3.63) is 54.0 Å². The first-order valence-corrected chi connectivity index (χ1v) is 3.83. The molecule has 0 aliphatic heterocycles. The maximum atomic E-state index is 5.33. The van der Waals surface area contributed by atoms with Gasteiger partial charge in [-0.15, -0.1) is 0 Å². The lowest BCUT2D eigenvalue weighted by Gasteiger charge is -2.04. The highest BCUT2D eigenvalue weighted by atomic mass is 14.1. The molecule has 0 saturated carbocycles. The van der Waals surface area contributed by atoms with E-state index in [0.29, 0.717) is 0 Å². The number of allylic oxidation sites excluding steroid dienone is 7. The fourth-order valence-electron chi connectivity index (χ4n) is 1.06. The summed E-state index contributed by atoms with van der Waals surface area (Å²) in [5.41, 5.74) is 2.05. The van der Waals surface area contributed by atoms with Crippen LogP contribution >= 0.6 is 0 Å². The van der Waals surface area contributed by atoms with Crippen molar-refractivity contribution in [1.82, 2.24) is 0 Å². The summed E-state index contributed by atoms with van der Waals surface area (Å²) in [5.74, 6) is 3.55. The van der Waals surface area contributed by atoms with Crippen LogP contribution in [-0.2, 0) is 0 Å². The molecule has 0 nitrogen and oxygen atoms in total. The van der Waals surface area contributed by atoms with Crippen molar-refractivity contribution in [2.75, 3.05) is 0 Å². The summed E-state index contributed by atoms with van der Waals surface area (Å²) in [7, 11) is 0. The van der Waals surface area contributed by atoms with E-state index >= 15 is 0 Å². The van der Waals surface area contributed by atoms with Gasteiger partial charge in [-0.3, -0.25) is 0 Å². The lowest BCUT2D eigenvalue weighted by molar-refractivity contribution is 1.36. The predicted molar refractivity (Wildman–Crippen MR) is 53.3 cm³/mol. The van der Waals surface area contributed by atoms with Gasteiger partial charge in [-0.1, -0.05) is 12.7 Å². The molecule has 1 aliphatic carbocycles. The molecule has 0 aromatic carbocycles. The molecule has 0 bridgehead atoms. The Bertz CT molecular complexity index is 305. The van der Waals surface area contributed by atoms with Crippen LogP contribution in [0.1, 0.15) is 6.92 Å². The van der Waals surface area contributed by atoms with Gasteiger partial charge in [0.1, 0.15) is 5.92 Å². The summed E-state index contributed by atoms with van der Waals surface area (Å²) < 4.78 is 0. The summed E-state index contributed by atoms with van der Waals surface area (Å²) in [6.07, 6.45) is 15.1. The summed E-state index contributed by atoms with van der Waals surface area (Å²) in [5, 5.41) is 0.